The summed E-state index contributed by atoms with van der Waals surface area (Å²) in [6.45, 7) is 6.58. The number of anilines is 3. The van der Waals surface area contributed by atoms with Crippen LogP contribution in [0.3, 0.4) is 0 Å². The summed E-state index contributed by atoms with van der Waals surface area (Å²) in [7, 11) is 0. The number of piperidine rings is 1. The minimum absolute atomic E-state index is 0.551. The Hall–Kier alpha value is -2.55. The Morgan fingerprint density at radius 2 is 2.19 bits per heavy atom. The molecule has 2 aromatic rings. The molecule has 0 aromatic heterocycles. The Balaban J connectivity index is 1.54. The van der Waals surface area contributed by atoms with Crippen molar-refractivity contribution < 1.29 is 4.74 Å². The zero-order valence-electron chi connectivity index (χ0n) is 15.6. The fourth-order valence-electron chi connectivity index (χ4n) is 4.89. The first kappa shape index (κ1) is 16.6. The minimum atomic E-state index is 0.551. The lowest BCUT2D eigenvalue weighted by Crippen LogP contribution is -2.44. The monoisotopic (exact) mass is 360 g/mol. The topological polar surface area (TPSA) is 60.3 Å². The quantitative estimate of drug-likeness (QED) is 0.859. The van der Waals surface area contributed by atoms with Crippen LogP contribution in [0.5, 0.6) is 0 Å². The van der Waals surface area contributed by atoms with E-state index in [9.17, 15) is 0 Å². The molecule has 3 aliphatic rings. The molecule has 0 bridgehead atoms. The number of nitriles is 1. The minimum Gasteiger partial charge on any atom is -0.375 e. The van der Waals surface area contributed by atoms with Gasteiger partial charge in [-0.05, 0) is 61.3 Å². The molecule has 1 fully saturated rings. The van der Waals surface area contributed by atoms with Crippen molar-refractivity contribution in [3.63, 3.8) is 0 Å². The van der Waals surface area contributed by atoms with Crippen molar-refractivity contribution in [3.8, 4) is 6.07 Å². The average Bonchev–Trinajstić information content (AvgIpc) is 2.83. The normalized spacial score (nSPS) is 23.2. The Bertz CT molecular complexity index is 933. The molecular formula is C22H24N4O. The van der Waals surface area contributed by atoms with Crippen molar-refractivity contribution in [1.82, 2.24) is 5.32 Å². The van der Waals surface area contributed by atoms with Gasteiger partial charge in [-0.3, -0.25) is 0 Å². The Labute approximate surface area is 159 Å². The number of benzene rings is 2. The van der Waals surface area contributed by atoms with Gasteiger partial charge in [0.05, 0.1) is 24.8 Å². The number of ether oxygens (including phenoxy) is 1. The molecule has 3 aliphatic heterocycles. The van der Waals surface area contributed by atoms with Crippen LogP contribution in [0.25, 0.3) is 0 Å². The third-order valence-electron chi connectivity index (χ3n) is 6.12. The van der Waals surface area contributed by atoms with Gasteiger partial charge in [-0.15, -0.1) is 0 Å². The van der Waals surface area contributed by atoms with Gasteiger partial charge in [0, 0.05) is 47.7 Å². The predicted molar refractivity (Wildman–Crippen MR) is 107 cm³/mol. The first-order valence-corrected chi connectivity index (χ1v) is 9.74. The van der Waals surface area contributed by atoms with E-state index in [2.05, 4.69) is 33.7 Å². The smallest absolute Gasteiger partial charge is 0.0994 e. The standard InChI is InChI=1S/C22H24N4O/c1-14-8-17(3-2-15(14)11-23)25-18-9-16-13-27-7-6-26-21-4-5-24-12-20(21)19(10-18)22(16)26/h2-3,8-10,20-21,24-25H,4-7,12-13H2,1H3/t20-,21-/m0/s1. The second kappa shape index (κ2) is 6.56. The number of fused-ring (bicyclic) bond motifs is 3. The van der Waals surface area contributed by atoms with E-state index in [1.165, 1.54) is 23.2 Å². The van der Waals surface area contributed by atoms with Crippen molar-refractivity contribution in [2.45, 2.75) is 31.9 Å². The molecule has 0 spiro atoms. The summed E-state index contributed by atoms with van der Waals surface area (Å²) in [5, 5.41) is 16.3. The van der Waals surface area contributed by atoms with Gasteiger partial charge in [0.25, 0.3) is 0 Å². The van der Waals surface area contributed by atoms with Gasteiger partial charge in [0.15, 0.2) is 0 Å². The van der Waals surface area contributed by atoms with Gasteiger partial charge >= 0.3 is 0 Å². The highest BCUT2D eigenvalue weighted by atomic mass is 16.5. The predicted octanol–water partition coefficient (Wildman–Crippen LogP) is 3.41. The number of nitrogens with zero attached hydrogens (tertiary/aromatic N) is 2. The van der Waals surface area contributed by atoms with E-state index in [1.807, 2.05) is 25.1 Å². The third-order valence-corrected chi connectivity index (χ3v) is 6.12. The molecule has 0 aliphatic carbocycles. The van der Waals surface area contributed by atoms with Crippen LogP contribution in [0.15, 0.2) is 30.3 Å². The zero-order valence-corrected chi connectivity index (χ0v) is 15.6. The number of rotatable bonds is 2. The van der Waals surface area contributed by atoms with Gasteiger partial charge in [-0.1, -0.05) is 0 Å². The number of nitrogens with one attached hydrogen (secondary N) is 2. The summed E-state index contributed by atoms with van der Waals surface area (Å²) < 4.78 is 5.89. The summed E-state index contributed by atoms with van der Waals surface area (Å²) in [5.41, 5.74) is 7.98. The van der Waals surface area contributed by atoms with Crippen LogP contribution in [0.4, 0.5) is 17.1 Å². The highest BCUT2D eigenvalue weighted by Crippen LogP contribution is 2.47. The Morgan fingerprint density at radius 1 is 1.26 bits per heavy atom. The molecular weight excluding hydrogens is 336 g/mol. The Kier molecular flexibility index (Phi) is 4.04. The maximum absolute atomic E-state index is 9.15. The molecule has 138 valence electrons. The van der Waals surface area contributed by atoms with E-state index in [-0.39, 0.29) is 0 Å². The van der Waals surface area contributed by atoms with E-state index in [4.69, 9.17) is 10.00 Å². The summed E-state index contributed by atoms with van der Waals surface area (Å²) in [5.74, 6) is 0.551. The Morgan fingerprint density at radius 3 is 3.04 bits per heavy atom. The fourth-order valence-corrected chi connectivity index (χ4v) is 4.89. The SMILES string of the molecule is Cc1cc(Nc2cc3c4c(c2)[C@@H]2CNCC[C@@H]2N4CCOC3)ccc1C#N. The summed E-state index contributed by atoms with van der Waals surface area (Å²) in [6.07, 6.45) is 1.19. The van der Waals surface area contributed by atoms with E-state index in [1.54, 1.807) is 0 Å². The van der Waals surface area contributed by atoms with Crippen LogP contribution >= 0.6 is 0 Å². The van der Waals surface area contributed by atoms with Crippen molar-refractivity contribution >= 4 is 17.1 Å². The molecule has 2 aromatic carbocycles. The van der Waals surface area contributed by atoms with Gasteiger partial charge in [0.1, 0.15) is 0 Å². The van der Waals surface area contributed by atoms with Crippen LogP contribution in [-0.2, 0) is 11.3 Å². The summed E-state index contributed by atoms with van der Waals surface area (Å²) >= 11 is 0. The highest BCUT2D eigenvalue weighted by molar-refractivity contribution is 5.74. The second-order valence-corrected chi connectivity index (χ2v) is 7.75. The van der Waals surface area contributed by atoms with Gasteiger partial charge in [0.2, 0.25) is 0 Å². The average molecular weight is 360 g/mol. The van der Waals surface area contributed by atoms with Crippen molar-refractivity contribution in [3.05, 3.63) is 52.6 Å². The molecule has 27 heavy (non-hydrogen) atoms. The molecule has 0 unspecified atom stereocenters. The zero-order chi connectivity index (χ0) is 18.4. The maximum atomic E-state index is 9.15. The van der Waals surface area contributed by atoms with E-state index in [0.29, 0.717) is 18.6 Å². The van der Waals surface area contributed by atoms with Crippen molar-refractivity contribution in [2.75, 3.05) is 36.5 Å². The molecule has 0 amide bonds. The second-order valence-electron chi connectivity index (χ2n) is 7.75. The molecule has 0 radical (unpaired) electrons. The highest BCUT2D eigenvalue weighted by Gasteiger charge is 2.41. The lowest BCUT2D eigenvalue weighted by Gasteiger charge is -2.33. The van der Waals surface area contributed by atoms with Crippen LogP contribution in [0.1, 0.15) is 34.6 Å². The molecule has 5 rings (SSSR count). The number of hydrogen-bond donors (Lipinski definition) is 2. The largest absolute Gasteiger partial charge is 0.375 e. The van der Waals surface area contributed by atoms with E-state index >= 15 is 0 Å². The molecule has 0 saturated carbocycles. The lowest BCUT2D eigenvalue weighted by atomic mass is 9.89. The molecule has 2 N–H and O–H groups in total. The van der Waals surface area contributed by atoms with Gasteiger partial charge < -0.3 is 20.3 Å². The maximum Gasteiger partial charge on any atom is 0.0994 e. The molecule has 5 heteroatoms. The molecule has 2 atom stereocenters. The van der Waals surface area contributed by atoms with Crippen molar-refractivity contribution in [2.24, 2.45) is 0 Å². The van der Waals surface area contributed by atoms with Gasteiger partial charge in [-0.25, -0.2) is 0 Å². The van der Waals surface area contributed by atoms with Crippen molar-refractivity contribution in [1.29, 1.82) is 5.26 Å². The molecule has 1 saturated heterocycles. The summed E-state index contributed by atoms with van der Waals surface area (Å²) in [4.78, 5) is 2.60. The number of hydrogen-bond acceptors (Lipinski definition) is 5. The van der Waals surface area contributed by atoms with Crippen LogP contribution in [0.2, 0.25) is 0 Å². The van der Waals surface area contributed by atoms with Gasteiger partial charge in [-0.2, -0.15) is 5.26 Å². The summed E-state index contributed by atoms with van der Waals surface area (Å²) in [6, 6.07) is 13.3. The molecule has 5 nitrogen and oxygen atoms in total. The number of aryl methyl sites for hydroxylation is 1. The third kappa shape index (κ3) is 2.77. The first-order valence-electron chi connectivity index (χ1n) is 9.74. The molecule has 3 heterocycles. The first-order chi connectivity index (χ1) is 13.2. The van der Waals surface area contributed by atoms with Crippen LogP contribution in [0, 0.1) is 18.3 Å². The fraction of sp³-hybridized carbons (Fsp3) is 0.409. The van der Waals surface area contributed by atoms with Crippen LogP contribution < -0.4 is 15.5 Å². The lowest BCUT2D eigenvalue weighted by molar-refractivity contribution is 0.130. The van der Waals surface area contributed by atoms with E-state index in [0.717, 1.165) is 48.7 Å². The van der Waals surface area contributed by atoms with Crippen LogP contribution in [-0.4, -0.2) is 32.3 Å². The van der Waals surface area contributed by atoms with E-state index < -0.39 is 0 Å².